The molecule has 0 heterocycles. The fourth-order valence-electron chi connectivity index (χ4n) is 4.81. The van der Waals surface area contributed by atoms with Crippen molar-refractivity contribution in [2.45, 2.75) is 57.1 Å². The minimum absolute atomic E-state index is 0.00198. The molecule has 0 saturated carbocycles. The van der Waals surface area contributed by atoms with Crippen molar-refractivity contribution in [2.24, 2.45) is 0 Å². The molecule has 4 aromatic carbocycles. The highest BCUT2D eigenvalue weighted by Gasteiger charge is 2.35. The summed E-state index contributed by atoms with van der Waals surface area (Å²) >= 11 is 19.2. The number of hydrogen-bond acceptors (Lipinski definition) is 4. The molecule has 7 nitrogen and oxygen atoms in total. The zero-order valence-electron chi connectivity index (χ0n) is 25.8. The van der Waals surface area contributed by atoms with Crippen molar-refractivity contribution < 1.29 is 18.0 Å². The Hall–Kier alpha value is -3.56. The van der Waals surface area contributed by atoms with E-state index in [0.717, 1.165) is 15.4 Å². The average Bonchev–Trinajstić information content (AvgIpc) is 3.04. The Kier molecular flexibility index (Phi) is 12.1. The van der Waals surface area contributed by atoms with Crippen LogP contribution < -0.4 is 9.62 Å². The van der Waals surface area contributed by atoms with Gasteiger partial charge in [0.15, 0.2) is 0 Å². The van der Waals surface area contributed by atoms with Crippen LogP contribution >= 0.6 is 34.8 Å². The largest absolute Gasteiger partial charge is 0.352 e. The number of carbonyl (C=O) groups is 2. The minimum Gasteiger partial charge on any atom is -0.352 e. The SMILES string of the molecule is CC[C@H](C)NC(=O)[C@H](Cc1ccccc1)N(Cc1ccc(Cl)cc1Cl)C(=O)CN(c1ccc(C)c(Cl)c1)S(=O)(=O)c1ccccc1. The molecule has 0 saturated heterocycles. The fourth-order valence-corrected chi connectivity index (χ4v) is 6.88. The van der Waals surface area contributed by atoms with E-state index in [2.05, 4.69) is 5.32 Å². The van der Waals surface area contributed by atoms with E-state index in [1.54, 1.807) is 55.5 Å². The predicted octanol–water partition coefficient (Wildman–Crippen LogP) is 7.71. The molecule has 11 heteroatoms. The molecule has 0 bridgehead atoms. The Morgan fingerprint density at radius 3 is 2.11 bits per heavy atom. The van der Waals surface area contributed by atoms with Crippen LogP contribution in [0.3, 0.4) is 0 Å². The normalized spacial score (nSPS) is 12.7. The van der Waals surface area contributed by atoms with Crippen molar-refractivity contribution in [3.05, 3.63) is 129 Å². The van der Waals surface area contributed by atoms with E-state index in [1.165, 1.54) is 23.1 Å². The standard InChI is InChI=1S/C35H36Cl3N3O4S/c1-4-25(3)39-35(43)33(19-26-11-7-5-8-12-26)40(22-27-16-17-28(36)20-32(27)38)34(42)23-41(29-18-15-24(2)31(37)21-29)46(44,45)30-13-9-6-10-14-30/h5-18,20-21,25,33H,4,19,22-23H2,1-3H3,(H,39,43)/t25-,33-/m0/s1. The number of nitrogens with one attached hydrogen (secondary N) is 1. The molecular formula is C35H36Cl3N3O4S. The Bertz CT molecular complexity index is 1770. The van der Waals surface area contributed by atoms with Crippen LogP contribution in [-0.4, -0.2) is 43.8 Å². The first-order valence-electron chi connectivity index (χ1n) is 14.8. The van der Waals surface area contributed by atoms with Crippen molar-refractivity contribution in [3.63, 3.8) is 0 Å². The van der Waals surface area contributed by atoms with Crippen LogP contribution in [0.4, 0.5) is 5.69 Å². The second-order valence-corrected chi connectivity index (χ2v) is 14.2. The van der Waals surface area contributed by atoms with Gasteiger partial charge in [0.05, 0.1) is 10.6 Å². The summed E-state index contributed by atoms with van der Waals surface area (Å²) in [4.78, 5) is 29.9. The zero-order valence-corrected chi connectivity index (χ0v) is 28.9. The summed E-state index contributed by atoms with van der Waals surface area (Å²) in [6, 6.07) is 25.7. The molecule has 0 aliphatic rings. The van der Waals surface area contributed by atoms with Gasteiger partial charge in [0, 0.05) is 34.1 Å². The summed E-state index contributed by atoms with van der Waals surface area (Å²) in [5.74, 6) is -0.977. The summed E-state index contributed by atoms with van der Waals surface area (Å²) in [5.41, 5.74) is 2.33. The minimum atomic E-state index is -4.24. The first-order valence-corrected chi connectivity index (χ1v) is 17.4. The third kappa shape index (κ3) is 8.82. The first-order chi connectivity index (χ1) is 21.9. The van der Waals surface area contributed by atoms with Crippen molar-refractivity contribution in [2.75, 3.05) is 10.8 Å². The molecule has 2 amide bonds. The number of aryl methyl sites for hydroxylation is 1. The lowest BCUT2D eigenvalue weighted by molar-refractivity contribution is -0.140. The highest BCUT2D eigenvalue weighted by Crippen LogP contribution is 2.29. The maximum atomic E-state index is 14.6. The maximum absolute atomic E-state index is 14.6. The smallest absolute Gasteiger partial charge is 0.264 e. The second-order valence-electron chi connectivity index (χ2n) is 11.0. The van der Waals surface area contributed by atoms with Gasteiger partial charge in [0.1, 0.15) is 12.6 Å². The molecule has 0 spiro atoms. The van der Waals surface area contributed by atoms with Gasteiger partial charge in [-0.25, -0.2) is 8.42 Å². The fraction of sp³-hybridized carbons (Fsp3) is 0.257. The number of amides is 2. The lowest BCUT2D eigenvalue weighted by Gasteiger charge is -2.34. The molecule has 4 aromatic rings. The van der Waals surface area contributed by atoms with Crippen LogP contribution in [0.2, 0.25) is 15.1 Å². The van der Waals surface area contributed by atoms with E-state index in [0.29, 0.717) is 27.1 Å². The molecule has 0 fully saturated rings. The Balaban J connectivity index is 1.84. The van der Waals surface area contributed by atoms with Crippen molar-refractivity contribution in [1.82, 2.24) is 10.2 Å². The van der Waals surface area contributed by atoms with E-state index in [1.807, 2.05) is 44.2 Å². The van der Waals surface area contributed by atoms with Gasteiger partial charge in [-0.1, -0.05) is 102 Å². The van der Waals surface area contributed by atoms with Crippen molar-refractivity contribution in [1.29, 1.82) is 0 Å². The topological polar surface area (TPSA) is 86.8 Å². The van der Waals surface area contributed by atoms with Gasteiger partial charge in [0.2, 0.25) is 11.8 Å². The molecule has 2 atom stereocenters. The van der Waals surface area contributed by atoms with E-state index < -0.39 is 28.5 Å². The molecule has 0 radical (unpaired) electrons. The molecule has 1 N–H and O–H groups in total. The predicted molar refractivity (Wildman–Crippen MR) is 186 cm³/mol. The van der Waals surface area contributed by atoms with E-state index in [9.17, 15) is 18.0 Å². The zero-order chi connectivity index (χ0) is 33.4. The van der Waals surface area contributed by atoms with Crippen LogP contribution in [0.25, 0.3) is 0 Å². The van der Waals surface area contributed by atoms with Gasteiger partial charge in [-0.2, -0.15) is 0 Å². The van der Waals surface area contributed by atoms with Gasteiger partial charge in [-0.05, 0) is 73.4 Å². The number of rotatable bonds is 13. The summed E-state index contributed by atoms with van der Waals surface area (Å²) in [5, 5.41) is 4.08. The lowest BCUT2D eigenvalue weighted by atomic mass is 10.0. The molecule has 46 heavy (non-hydrogen) atoms. The van der Waals surface area contributed by atoms with Crippen molar-refractivity contribution in [3.8, 4) is 0 Å². The van der Waals surface area contributed by atoms with Crippen LogP contribution in [0, 0.1) is 6.92 Å². The monoisotopic (exact) mass is 699 g/mol. The highest BCUT2D eigenvalue weighted by molar-refractivity contribution is 7.92. The van der Waals surface area contributed by atoms with E-state index >= 15 is 0 Å². The Morgan fingerprint density at radius 1 is 0.848 bits per heavy atom. The summed E-state index contributed by atoms with van der Waals surface area (Å²) in [6.07, 6.45) is 0.861. The van der Waals surface area contributed by atoms with E-state index in [4.69, 9.17) is 34.8 Å². The maximum Gasteiger partial charge on any atom is 0.264 e. The lowest BCUT2D eigenvalue weighted by Crippen LogP contribution is -2.54. The summed E-state index contributed by atoms with van der Waals surface area (Å²) in [6.45, 7) is 4.95. The molecule has 0 unspecified atom stereocenters. The number of anilines is 1. The highest BCUT2D eigenvalue weighted by atomic mass is 35.5. The van der Waals surface area contributed by atoms with Crippen LogP contribution in [0.15, 0.2) is 102 Å². The molecule has 0 aliphatic heterocycles. The molecular weight excluding hydrogens is 665 g/mol. The van der Waals surface area contributed by atoms with Gasteiger partial charge in [-0.3, -0.25) is 13.9 Å². The molecule has 242 valence electrons. The Labute approximate surface area is 286 Å². The van der Waals surface area contributed by atoms with Crippen molar-refractivity contribution >= 4 is 62.3 Å². The first kappa shape index (κ1) is 35.3. The number of carbonyl (C=O) groups excluding carboxylic acids is 2. The molecule has 0 aromatic heterocycles. The summed E-state index contributed by atoms with van der Waals surface area (Å²) < 4.78 is 29.3. The van der Waals surface area contributed by atoms with Crippen LogP contribution in [0.1, 0.15) is 37.0 Å². The number of halogens is 3. The van der Waals surface area contributed by atoms with Gasteiger partial charge < -0.3 is 10.2 Å². The van der Waals surface area contributed by atoms with Crippen LogP contribution in [0.5, 0.6) is 0 Å². The third-order valence-corrected chi connectivity index (χ3v) is 10.5. The van der Waals surface area contributed by atoms with Gasteiger partial charge in [-0.15, -0.1) is 0 Å². The number of nitrogens with zero attached hydrogens (tertiary/aromatic N) is 2. The quantitative estimate of drug-likeness (QED) is 0.155. The molecule has 4 rings (SSSR count). The number of hydrogen-bond donors (Lipinski definition) is 1. The van der Waals surface area contributed by atoms with E-state index in [-0.39, 0.29) is 35.5 Å². The number of benzene rings is 4. The van der Waals surface area contributed by atoms with Gasteiger partial charge in [0.25, 0.3) is 10.0 Å². The van der Waals surface area contributed by atoms with Gasteiger partial charge >= 0.3 is 0 Å². The average molecular weight is 701 g/mol. The second kappa shape index (κ2) is 15.8. The Morgan fingerprint density at radius 2 is 1.50 bits per heavy atom. The third-order valence-electron chi connectivity index (χ3n) is 7.68. The molecule has 0 aliphatic carbocycles. The number of sulfonamides is 1. The summed E-state index contributed by atoms with van der Waals surface area (Å²) in [7, 11) is -4.24. The van der Waals surface area contributed by atoms with Crippen LogP contribution in [-0.2, 0) is 32.6 Å².